The molecule has 0 spiro atoms. The Balaban J connectivity index is 1.50. The van der Waals surface area contributed by atoms with Gasteiger partial charge in [0.25, 0.3) is 0 Å². The maximum atomic E-state index is 12.4. The monoisotopic (exact) mass is 370 g/mol. The van der Waals surface area contributed by atoms with Crippen molar-refractivity contribution < 1.29 is 9.32 Å². The highest BCUT2D eigenvalue weighted by Gasteiger charge is 2.28. The van der Waals surface area contributed by atoms with Gasteiger partial charge in [-0.3, -0.25) is 9.78 Å². The van der Waals surface area contributed by atoms with E-state index in [1.54, 1.807) is 12.4 Å². The van der Waals surface area contributed by atoms with E-state index in [2.05, 4.69) is 33.8 Å². The summed E-state index contributed by atoms with van der Waals surface area (Å²) in [4.78, 5) is 16.5. The lowest BCUT2D eigenvalue weighted by molar-refractivity contribution is -0.122. The van der Waals surface area contributed by atoms with Gasteiger partial charge < -0.3 is 15.2 Å². The van der Waals surface area contributed by atoms with Crippen molar-refractivity contribution in [2.24, 2.45) is 11.8 Å². The van der Waals surface area contributed by atoms with Crippen LogP contribution in [0, 0.1) is 11.8 Å². The Labute approximate surface area is 161 Å². The molecule has 0 unspecified atom stereocenters. The molecule has 6 heteroatoms. The third kappa shape index (κ3) is 6.17. The number of carbonyl (C=O) groups is 1. The highest BCUT2D eigenvalue weighted by Crippen LogP contribution is 2.26. The summed E-state index contributed by atoms with van der Waals surface area (Å²) in [5.41, 5.74) is 2.03. The predicted molar refractivity (Wildman–Crippen MR) is 104 cm³/mol. The minimum atomic E-state index is 0.111. The van der Waals surface area contributed by atoms with Crippen molar-refractivity contribution in [3.8, 4) is 0 Å². The van der Waals surface area contributed by atoms with Crippen LogP contribution in [0.4, 0.5) is 0 Å². The first-order valence-corrected chi connectivity index (χ1v) is 10.1. The molecule has 0 saturated carbocycles. The van der Waals surface area contributed by atoms with Gasteiger partial charge in [0.1, 0.15) is 5.76 Å². The van der Waals surface area contributed by atoms with Crippen LogP contribution in [0.15, 0.2) is 35.1 Å². The van der Waals surface area contributed by atoms with E-state index in [1.165, 1.54) is 0 Å². The van der Waals surface area contributed by atoms with E-state index in [-0.39, 0.29) is 5.91 Å². The van der Waals surface area contributed by atoms with Gasteiger partial charge >= 0.3 is 0 Å². The first-order valence-electron chi connectivity index (χ1n) is 10.1. The van der Waals surface area contributed by atoms with Gasteiger partial charge in [-0.2, -0.15) is 0 Å². The second kappa shape index (κ2) is 10.2. The summed E-state index contributed by atoms with van der Waals surface area (Å²) < 4.78 is 5.46. The zero-order valence-corrected chi connectivity index (χ0v) is 16.1. The number of nitrogens with one attached hydrogen (secondary N) is 2. The summed E-state index contributed by atoms with van der Waals surface area (Å²) in [6, 6.07) is 5.95. The fourth-order valence-electron chi connectivity index (χ4n) is 3.69. The molecule has 27 heavy (non-hydrogen) atoms. The topological polar surface area (TPSA) is 80.0 Å². The van der Waals surface area contributed by atoms with Crippen LogP contribution in [-0.2, 0) is 24.2 Å². The molecule has 0 radical (unpaired) electrons. The van der Waals surface area contributed by atoms with Gasteiger partial charge in [0.2, 0.25) is 5.91 Å². The SMILES string of the molecule is CCCCc1cc(C[C@@H]2CNCC[C@H]2CC(=O)NCc2cccnc2)no1. The van der Waals surface area contributed by atoms with Crippen LogP contribution in [0.5, 0.6) is 0 Å². The number of rotatable bonds is 9. The lowest BCUT2D eigenvalue weighted by Gasteiger charge is -2.31. The van der Waals surface area contributed by atoms with Crippen molar-refractivity contribution in [2.75, 3.05) is 13.1 Å². The Morgan fingerprint density at radius 2 is 2.33 bits per heavy atom. The Morgan fingerprint density at radius 1 is 1.41 bits per heavy atom. The average molecular weight is 370 g/mol. The molecule has 1 aliphatic rings. The van der Waals surface area contributed by atoms with Crippen molar-refractivity contribution in [3.63, 3.8) is 0 Å². The largest absolute Gasteiger partial charge is 0.361 e. The minimum absolute atomic E-state index is 0.111. The molecule has 2 N–H and O–H groups in total. The summed E-state index contributed by atoms with van der Waals surface area (Å²) in [6.45, 7) is 4.61. The highest BCUT2D eigenvalue weighted by atomic mass is 16.5. The Bertz CT molecular complexity index is 701. The molecule has 1 fully saturated rings. The van der Waals surface area contributed by atoms with Crippen molar-refractivity contribution in [1.82, 2.24) is 20.8 Å². The van der Waals surface area contributed by atoms with Crippen LogP contribution in [0.2, 0.25) is 0 Å². The first kappa shape index (κ1) is 19.5. The molecule has 2 atom stereocenters. The summed E-state index contributed by atoms with van der Waals surface area (Å²) >= 11 is 0. The normalized spacial score (nSPS) is 19.7. The third-order valence-electron chi connectivity index (χ3n) is 5.28. The van der Waals surface area contributed by atoms with E-state index in [9.17, 15) is 4.79 Å². The maximum absolute atomic E-state index is 12.4. The lowest BCUT2D eigenvalue weighted by atomic mass is 9.81. The molecule has 0 aliphatic carbocycles. The van der Waals surface area contributed by atoms with Crippen molar-refractivity contribution in [3.05, 3.63) is 47.6 Å². The van der Waals surface area contributed by atoms with E-state index < -0.39 is 0 Å². The van der Waals surface area contributed by atoms with Gasteiger partial charge in [-0.05, 0) is 55.8 Å². The van der Waals surface area contributed by atoms with E-state index in [0.29, 0.717) is 24.8 Å². The smallest absolute Gasteiger partial charge is 0.220 e. The summed E-state index contributed by atoms with van der Waals surface area (Å²) in [5.74, 6) is 1.86. The van der Waals surface area contributed by atoms with Crippen molar-refractivity contribution >= 4 is 5.91 Å². The van der Waals surface area contributed by atoms with Crippen LogP contribution in [0.25, 0.3) is 0 Å². The number of hydrogen-bond acceptors (Lipinski definition) is 5. The minimum Gasteiger partial charge on any atom is -0.361 e. The fourth-order valence-corrected chi connectivity index (χ4v) is 3.69. The van der Waals surface area contributed by atoms with Crippen molar-refractivity contribution in [1.29, 1.82) is 0 Å². The second-order valence-corrected chi connectivity index (χ2v) is 7.45. The van der Waals surface area contributed by atoms with Crippen LogP contribution in [0.3, 0.4) is 0 Å². The molecule has 6 nitrogen and oxygen atoms in total. The zero-order valence-electron chi connectivity index (χ0n) is 16.1. The maximum Gasteiger partial charge on any atom is 0.220 e. The lowest BCUT2D eigenvalue weighted by Crippen LogP contribution is -2.40. The van der Waals surface area contributed by atoms with Gasteiger partial charge in [-0.1, -0.05) is 24.6 Å². The zero-order chi connectivity index (χ0) is 18.9. The number of hydrogen-bond donors (Lipinski definition) is 2. The van der Waals surface area contributed by atoms with E-state index in [4.69, 9.17) is 4.52 Å². The Morgan fingerprint density at radius 3 is 3.15 bits per heavy atom. The predicted octanol–water partition coefficient (Wildman–Crippen LogP) is 2.89. The number of unbranched alkanes of at least 4 members (excludes halogenated alkanes) is 1. The van der Waals surface area contributed by atoms with E-state index >= 15 is 0 Å². The van der Waals surface area contributed by atoms with Crippen molar-refractivity contribution in [2.45, 2.75) is 52.0 Å². The number of aryl methyl sites for hydroxylation is 1. The van der Waals surface area contributed by atoms with Crippen LogP contribution in [-0.4, -0.2) is 29.1 Å². The summed E-state index contributed by atoms with van der Waals surface area (Å²) in [5, 5.41) is 10.7. The standard InChI is InChI=1S/C21H30N4O2/c1-2-3-6-20-12-19(25-27-20)10-18-15-23-9-7-17(18)11-21(26)24-14-16-5-4-8-22-13-16/h4-5,8,12-13,17-18,23H,2-3,6-7,9-11,14-15H2,1H3,(H,24,26)/t17-,18+/m0/s1. The molecular weight excluding hydrogens is 340 g/mol. The molecule has 0 bridgehead atoms. The number of pyridine rings is 1. The number of aromatic nitrogens is 2. The number of amides is 1. The van der Waals surface area contributed by atoms with Gasteiger partial charge in [-0.25, -0.2) is 0 Å². The van der Waals surface area contributed by atoms with Crippen LogP contribution in [0.1, 0.15) is 49.6 Å². The van der Waals surface area contributed by atoms with E-state index in [1.807, 2.05) is 12.1 Å². The molecular formula is C21H30N4O2. The molecule has 3 rings (SSSR count). The van der Waals surface area contributed by atoms with Crippen LogP contribution < -0.4 is 10.6 Å². The Hall–Kier alpha value is -2.21. The molecule has 3 heterocycles. The third-order valence-corrected chi connectivity index (χ3v) is 5.28. The molecule has 1 saturated heterocycles. The van der Waals surface area contributed by atoms with Gasteiger partial charge in [-0.15, -0.1) is 0 Å². The molecule has 2 aromatic rings. The molecule has 0 aromatic carbocycles. The summed E-state index contributed by atoms with van der Waals surface area (Å²) in [6.07, 6.45) is 9.20. The van der Waals surface area contributed by atoms with Crippen LogP contribution >= 0.6 is 0 Å². The van der Waals surface area contributed by atoms with Gasteiger partial charge in [0, 0.05) is 37.8 Å². The molecule has 2 aromatic heterocycles. The summed E-state index contributed by atoms with van der Waals surface area (Å²) in [7, 11) is 0. The quantitative estimate of drug-likeness (QED) is 0.709. The van der Waals surface area contributed by atoms with E-state index in [0.717, 1.165) is 62.2 Å². The van der Waals surface area contributed by atoms with Gasteiger partial charge in [0.15, 0.2) is 0 Å². The molecule has 146 valence electrons. The van der Waals surface area contributed by atoms with Gasteiger partial charge in [0.05, 0.1) is 5.69 Å². The average Bonchev–Trinajstić information content (AvgIpc) is 3.14. The Kier molecular flexibility index (Phi) is 7.39. The highest BCUT2D eigenvalue weighted by molar-refractivity contribution is 5.76. The number of nitrogens with zero attached hydrogens (tertiary/aromatic N) is 2. The number of piperidine rings is 1. The number of carbonyl (C=O) groups excluding carboxylic acids is 1. The first-order chi connectivity index (χ1) is 13.2. The second-order valence-electron chi connectivity index (χ2n) is 7.45. The fraction of sp³-hybridized carbons (Fsp3) is 0.571. The molecule has 1 amide bonds. The molecule has 1 aliphatic heterocycles.